The lowest BCUT2D eigenvalue weighted by atomic mass is 10.1. The monoisotopic (exact) mass is 715 g/mol. The first-order valence-electron chi connectivity index (χ1n) is 14.3. The Hall–Kier alpha value is -5.07. The van der Waals surface area contributed by atoms with Crippen molar-refractivity contribution < 1.29 is 33.4 Å². The second kappa shape index (κ2) is 15.0. The van der Waals surface area contributed by atoms with E-state index in [0.29, 0.717) is 39.8 Å². The zero-order chi connectivity index (χ0) is 33.5. The van der Waals surface area contributed by atoms with Crippen molar-refractivity contribution in [3.8, 4) is 17.2 Å². The minimum Gasteiger partial charge on any atom is -0.493 e. The Labute approximate surface area is 284 Å². The summed E-state index contributed by atoms with van der Waals surface area (Å²) < 4.78 is 17.1. The smallest absolute Gasteiger partial charge is 0.272 e. The molecule has 10 nitrogen and oxygen atoms in total. The number of methoxy groups -OCH3 is 3. The van der Waals surface area contributed by atoms with E-state index < -0.39 is 17.1 Å². The molecule has 1 saturated heterocycles. The van der Waals surface area contributed by atoms with Gasteiger partial charge in [-0.15, -0.1) is 11.8 Å². The average molecular weight is 717 g/mol. The van der Waals surface area contributed by atoms with Crippen LogP contribution in [-0.2, 0) is 14.4 Å². The van der Waals surface area contributed by atoms with Gasteiger partial charge in [0, 0.05) is 27.0 Å². The highest BCUT2D eigenvalue weighted by atomic mass is 79.9. The third-order valence-corrected chi connectivity index (χ3v) is 8.83. The van der Waals surface area contributed by atoms with Gasteiger partial charge in [-0.2, -0.15) is 0 Å². The molecule has 1 fully saturated rings. The molecule has 2 N–H and O–H groups in total. The Balaban J connectivity index is 1.34. The first-order valence-corrected chi connectivity index (χ1v) is 16.0. The van der Waals surface area contributed by atoms with Crippen molar-refractivity contribution in [2.75, 3.05) is 31.5 Å². The molecule has 0 saturated carbocycles. The molecule has 4 amide bonds. The summed E-state index contributed by atoms with van der Waals surface area (Å²) in [6.07, 6.45) is 1.58. The van der Waals surface area contributed by atoms with Gasteiger partial charge in [-0.05, 0) is 84.4 Å². The molecule has 12 heteroatoms. The van der Waals surface area contributed by atoms with Gasteiger partial charge in [0.2, 0.25) is 17.6 Å². The Bertz CT molecular complexity index is 1810. The Kier molecular flexibility index (Phi) is 10.6. The number of amides is 4. The summed E-state index contributed by atoms with van der Waals surface area (Å²) in [5, 5.41) is 4.95. The molecular formula is C35H30BrN3O7S. The number of benzene rings is 4. The number of thioether (sulfide) groups is 1. The number of carbonyl (C=O) groups is 4. The first-order chi connectivity index (χ1) is 22.7. The van der Waals surface area contributed by atoms with Crippen molar-refractivity contribution in [1.82, 2.24) is 5.32 Å². The topological polar surface area (TPSA) is 123 Å². The van der Waals surface area contributed by atoms with E-state index >= 15 is 0 Å². The van der Waals surface area contributed by atoms with Gasteiger partial charge in [0.15, 0.2) is 11.5 Å². The van der Waals surface area contributed by atoms with Crippen LogP contribution in [0.2, 0.25) is 0 Å². The Morgan fingerprint density at radius 1 is 0.872 bits per heavy atom. The number of carbonyl (C=O) groups excluding carboxylic acids is 4. The van der Waals surface area contributed by atoms with E-state index in [1.165, 1.54) is 44.1 Å². The standard InChI is InChI=1S/C35H30BrN3O7S/c1-44-28-18-21(19-29(45-2)32(28)46-3)17-27(38-33(41)22-7-5-4-6-8-22)34(42)37-24-11-15-26(16-12-24)47-30-20-31(40)39(35(30)43)25-13-9-23(36)10-14-25/h4-19,30H,20H2,1-3H3,(H,37,42)(H,38,41)/b27-17-. The first kappa shape index (κ1) is 33.3. The maximum absolute atomic E-state index is 13.6. The number of imide groups is 1. The van der Waals surface area contributed by atoms with Crippen molar-refractivity contribution >= 4 is 68.8 Å². The van der Waals surface area contributed by atoms with Gasteiger partial charge in [-0.25, -0.2) is 4.90 Å². The number of hydrogen-bond acceptors (Lipinski definition) is 8. The SMILES string of the molecule is COc1cc(/C=C(\NC(=O)c2ccccc2)C(=O)Nc2ccc(SC3CC(=O)N(c4ccc(Br)cc4)C3=O)cc2)cc(OC)c1OC. The fraction of sp³-hybridized carbons (Fsp3) is 0.143. The summed E-state index contributed by atoms with van der Waals surface area (Å²) in [6.45, 7) is 0. The van der Waals surface area contributed by atoms with Crippen LogP contribution in [0.25, 0.3) is 6.08 Å². The molecule has 0 radical (unpaired) electrons. The zero-order valence-corrected chi connectivity index (χ0v) is 28.0. The van der Waals surface area contributed by atoms with Crippen LogP contribution in [0.5, 0.6) is 17.2 Å². The van der Waals surface area contributed by atoms with E-state index in [0.717, 1.165) is 9.37 Å². The van der Waals surface area contributed by atoms with Crippen LogP contribution in [0, 0.1) is 0 Å². The highest BCUT2D eigenvalue weighted by molar-refractivity contribution is 9.10. The molecule has 1 aliphatic rings. The quantitative estimate of drug-likeness (QED) is 0.137. The molecule has 1 atom stereocenters. The Morgan fingerprint density at radius 3 is 2.11 bits per heavy atom. The normalized spacial score (nSPS) is 14.5. The van der Waals surface area contributed by atoms with E-state index in [1.54, 1.807) is 91.0 Å². The Morgan fingerprint density at radius 2 is 1.51 bits per heavy atom. The molecule has 5 rings (SSSR count). The van der Waals surface area contributed by atoms with E-state index in [1.807, 2.05) is 0 Å². The zero-order valence-electron chi connectivity index (χ0n) is 25.6. The molecule has 240 valence electrons. The molecule has 4 aromatic carbocycles. The molecule has 1 aliphatic heterocycles. The van der Waals surface area contributed by atoms with Crippen LogP contribution in [0.1, 0.15) is 22.3 Å². The van der Waals surface area contributed by atoms with Crippen LogP contribution in [0.3, 0.4) is 0 Å². The van der Waals surface area contributed by atoms with E-state index in [4.69, 9.17) is 14.2 Å². The molecule has 0 aromatic heterocycles. The second-order valence-corrected chi connectivity index (χ2v) is 12.4. The van der Waals surface area contributed by atoms with E-state index in [2.05, 4.69) is 26.6 Å². The number of ether oxygens (including phenoxy) is 3. The number of nitrogens with zero attached hydrogens (tertiary/aromatic N) is 1. The highest BCUT2D eigenvalue weighted by Crippen LogP contribution is 2.39. The van der Waals surface area contributed by atoms with Crippen molar-refractivity contribution in [2.45, 2.75) is 16.6 Å². The maximum atomic E-state index is 13.6. The van der Waals surface area contributed by atoms with E-state index in [-0.39, 0.29) is 23.9 Å². The lowest BCUT2D eigenvalue weighted by Crippen LogP contribution is -2.31. The average Bonchev–Trinajstić information content (AvgIpc) is 3.36. The summed E-state index contributed by atoms with van der Waals surface area (Å²) >= 11 is 4.65. The summed E-state index contributed by atoms with van der Waals surface area (Å²) in [7, 11) is 4.45. The third kappa shape index (κ3) is 7.84. The fourth-order valence-electron chi connectivity index (χ4n) is 4.83. The summed E-state index contributed by atoms with van der Waals surface area (Å²) in [5.74, 6) is -0.456. The molecule has 0 spiro atoms. The van der Waals surface area contributed by atoms with Gasteiger partial charge >= 0.3 is 0 Å². The van der Waals surface area contributed by atoms with E-state index in [9.17, 15) is 19.2 Å². The minimum absolute atomic E-state index is 0.0327. The van der Waals surface area contributed by atoms with Crippen molar-refractivity contribution in [3.63, 3.8) is 0 Å². The predicted molar refractivity (Wildman–Crippen MR) is 184 cm³/mol. The van der Waals surface area contributed by atoms with Crippen LogP contribution in [-0.4, -0.2) is 50.2 Å². The summed E-state index contributed by atoms with van der Waals surface area (Å²) in [4.78, 5) is 54.4. The van der Waals surface area contributed by atoms with Gasteiger partial charge in [-0.3, -0.25) is 19.2 Å². The number of anilines is 2. The summed E-state index contributed by atoms with van der Waals surface area (Å²) in [6, 6.07) is 25.7. The molecule has 0 bridgehead atoms. The molecule has 4 aromatic rings. The lowest BCUT2D eigenvalue weighted by molar-refractivity contribution is -0.121. The number of rotatable bonds is 11. The van der Waals surface area contributed by atoms with Gasteiger partial charge < -0.3 is 24.8 Å². The molecule has 1 unspecified atom stereocenters. The van der Waals surface area contributed by atoms with Gasteiger partial charge in [0.1, 0.15) is 5.70 Å². The molecule has 47 heavy (non-hydrogen) atoms. The highest BCUT2D eigenvalue weighted by Gasteiger charge is 2.40. The van der Waals surface area contributed by atoms with Crippen LogP contribution >= 0.6 is 27.7 Å². The maximum Gasteiger partial charge on any atom is 0.272 e. The van der Waals surface area contributed by atoms with Gasteiger partial charge in [-0.1, -0.05) is 34.1 Å². The van der Waals surface area contributed by atoms with Gasteiger partial charge in [0.05, 0.1) is 32.3 Å². The van der Waals surface area contributed by atoms with Gasteiger partial charge in [0.25, 0.3) is 11.8 Å². The van der Waals surface area contributed by atoms with Crippen LogP contribution < -0.4 is 29.7 Å². The fourth-order valence-corrected chi connectivity index (χ4v) is 6.15. The third-order valence-electron chi connectivity index (χ3n) is 7.11. The second-order valence-electron chi connectivity index (χ2n) is 10.2. The lowest BCUT2D eigenvalue weighted by Gasteiger charge is -2.15. The number of hydrogen-bond donors (Lipinski definition) is 2. The van der Waals surface area contributed by atoms with Crippen LogP contribution in [0.15, 0.2) is 106 Å². The number of halogens is 1. The molecule has 0 aliphatic carbocycles. The molecule has 1 heterocycles. The van der Waals surface area contributed by atoms with Crippen LogP contribution in [0.4, 0.5) is 11.4 Å². The molecular weight excluding hydrogens is 686 g/mol. The van der Waals surface area contributed by atoms with Crippen molar-refractivity contribution in [2.24, 2.45) is 0 Å². The summed E-state index contributed by atoms with van der Waals surface area (Å²) in [5.41, 5.74) is 1.83. The minimum atomic E-state index is -0.579. The number of nitrogens with one attached hydrogen (secondary N) is 2. The van der Waals surface area contributed by atoms with Crippen molar-refractivity contribution in [3.05, 3.63) is 112 Å². The van der Waals surface area contributed by atoms with Crippen molar-refractivity contribution in [1.29, 1.82) is 0 Å². The largest absolute Gasteiger partial charge is 0.493 e. The predicted octanol–water partition coefficient (Wildman–Crippen LogP) is 6.31.